The Bertz CT molecular complexity index is 1680. The lowest BCUT2D eigenvalue weighted by Gasteiger charge is -2.39. The number of ether oxygens (including phenoxy) is 3. The van der Waals surface area contributed by atoms with Crippen LogP contribution >= 0.6 is 0 Å². The number of hydrogen-bond acceptors (Lipinski definition) is 8. The molecule has 11 nitrogen and oxygen atoms in total. The fourth-order valence-electron chi connectivity index (χ4n) is 5.23. The second-order valence-corrected chi connectivity index (χ2v) is 10.6. The molecule has 1 fully saturated rings. The van der Waals surface area contributed by atoms with E-state index in [0.717, 1.165) is 11.1 Å². The molecule has 3 amide bonds. The van der Waals surface area contributed by atoms with Gasteiger partial charge >= 0.3 is 0 Å². The van der Waals surface area contributed by atoms with Crippen LogP contribution in [0.1, 0.15) is 32.7 Å². The minimum atomic E-state index is -0.520. The molecular weight excluding hydrogens is 562 g/mol. The van der Waals surface area contributed by atoms with Gasteiger partial charge in [-0.1, -0.05) is 24.3 Å². The fourth-order valence-corrected chi connectivity index (χ4v) is 5.23. The van der Waals surface area contributed by atoms with Crippen LogP contribution in [0, 0.1) is 0 Å². The van der Waals surface area contributed by atoms with Gasteiger partial charge in [0.2, 0.25) is 5.88 Å². The number of amides is 3. The molecule has 0 spiro atoms. The molecule has 2 atom stereocenters. The van der Waals surface area contributed by atoms with Crippen molar-refractivity contribution in [3.8, 4) is 28.5 Å². The number of aromatic nitrogens is 2. The van der Waals surface area contributed by atoms with E-state index < -0.39 is 12.1 Å². The summed E-state index contributed by atoms with van der Waals surface area (Å²) in [4.78, 5) is 49.6. The molecule has 0 unspecified atom stereocenters. The van der Waals surface area contributed by atoms with E-state index >= 15 is 0 Å². The van der Waals surface area contributed by atoms with Gasteiger partial charge in [0.1, 0.15) is 17.6 Å². The summed E-state index contributed by atoms with van der Waals surface area (Å²) >= 11 is 0. The fraction of sp³-hybridized carbons (Fsp3) is 0.242. The highest BCUT2D eigenvalue weighted by molar-refractivity contribution is 5.96. The number of carbonyl (C=O) groups is 3. The summed E-state index contributed by atoms with van der Waals surface area (Å²) in [6, 6.07) is 19.1. The largest absolute Gasteiger partial charge is 0.488 e. The highest BCUT2D eigenvalue weighted by Gasteiger charge is 2.35. The Hall–Kier alpha value is -5.45. The van der Waals surface area contributed by atoms with Crippen molar-refractivity contribution < 1.29 is 28.6 Å². The van der Waals surface area contributed by atoms with Crippen molar-refractivity contribution in [3.05, 3.63) is 102 Å². The number of methoxy groups -OCH3 is 1. The monoisotopic (exact) mass is 593 g/mol. The first-order chi connectivity index (χ1) is 21.4. The topological polar surface area (TPSA) is 132 Å². The number of piperidine rings is 1. The Balaban J connectivity index is 1.30. The number of benzene rings is 2. The lowest BCUT2D eigenvalue weighted by Crippen LogP contribution is -2.58. The summed E-state index contributed by atoms with van der Waals surface area (Å²) in [7, 11) is 1.50. The number of pyridine rings is 2. The first kappa shape index (κ1) is 28.7. The lowest BCUT2D eigenvalue weighted by molar-refractivity contribution is -0.123. The van der Waals surface area contributed by atoms with Gasteiger partial charge in [-0.05, 0) is 47.5 Å². The average molecular weight is 594 g/mol. The maximum absolute atomic E-state index is 13.6. The van der Waals surface area contributed by atoms with Gasteiger partial charge in [-0.3, -0.25) is 19.4 Å². The van der Waals surface area contributed by atoms with Crippen molar-refractivity contribution in [1.29, 1.82) is 0 Å². The minimum absolute atomic E-state index is 0.136. The third-order valence-electron chi connectivity index (χ3n) is 7.58. The van der Waals surface area contributed by atoms with Crippen LogP contribution in [-0.4, -0.2) is 71.5 Å². The van der Waals surface area contributed by atoms with Crippen LogP contribution < -0.4 is 24.8 Å². The molecule has 6 bridgehead atoms. The van der Waals surface area contributed by atoms with Crippen LogP contribution in [0.2, 0.25) is 0 Å². The number of nitrogens with zero attached hydrogens (tertiary/aromatic N) is 3. The second kappa shape index (κ2) is 12.8. The van der Waals surface area contributed by atoms with Gasteiger partial charge in [0.25, 0.3) is 17.7 Å². The molecule has 3 aliphatic rings. The number of nitrogens with one attached hydrogen (secondary N) is 2. The van der Waals surface area contributed by atoms with Crippen LogP contribution in [-0.2, 0) is 11.3 Å². The lowest BCUT2D eigenvalue weighted by atomic mass is 9.99. The van der Waals surface area contributed by atoms with E-state index in [2.05, 4.69) is 20.6 Å². The van der Waals surface area contributed by atoms with Crippen molar-refractivity contribution in [2.45, 2.75) is 25.1 Å². The highest BCUT2D eigenvalue weighted by atomic mass is 16.5. The number of fused-ring (bicyclic) bond motifs is 7. The maximum Gasteiger partial charge on any atom is 0.258 e. The molecule has 44 heavy (non-hydrogen) atoms. The number of rotatable bonds is 2. The second-order valence-electron chi connectivity index (χ2n) is 10.6. The molecule has 224 valence electrons. The Kier molecular flexibility index (Phi) is 8.35. The average Bonchev–Trinajstić information content (AvgIpc) is 3.07. The van der Waals surface area contributed by atoms with E-state index in [1.165, 1.54) is 19.5 Å². The van der Waals surface area contributed by atoms with Gasteiger partial charge in [0.15, 0.2) is 6.61 Å². The van der Waals surface area contributed by atoms with Crippen molar-refractivity contribution in [3.63, 3.8) is 0 Å². The van der Waals surface area contributed by atoms with Crippen LogP contribution in [0.3, 0.4) is 0 Å². The molecule has 2 N–H and O–H groups in total. The SMILES string of the molecule is COc1cc(C(=O)N2CC[C@@H]3Oc4ccc(cc4)CNC(=O)COc4cccc(c4)-c4cncc(c4)C(=O)N[C@@H]3C2)ccn1. The summed E-state index contributed by atoms with van der Waals surface area (Å²) < 4.78 is 17.3. The molecule has 11 heteroatoms. The summed E-state index contributed by atoms with van der Waals surface area (Å²) in [5.41, 5.74) is 3.18. The van der Waals surface area contributed by atoms with Crippen molar-refractivity contribution in [2.24, 2.45) is 0 Å². The van der Waals surface area contributed by atoms with Crippen molar-refractivity contribution in [2.75, 3.05) is 26.8 Å². The molecule has 1 saturated heterocycles. The van der Waals surface area contributed by atoms with E-state index in [1.807, 2.05) is 36.4 Å². The Morgan fingerprint density at radius 3 is 2.66 bits per heavy atom. The van der Waals surface area contributed by atoms with Gasteiger partial charge in [-0.25, -0.2) is 4.98 Å². The van der Waals surface area contributed by atoms with E-state index in [-0.39, 0.29) is 30.9 Å². The number of carbonyl (C=O) groups excluding carboxylic acids is 3. The molecule has 5 heterocycles. The molecule has 7 rings (SSSR count). The molecule has 3 aliphatic heterocycles. The zero-order valence-electron chi connectivity index (χ0n) is 24.1. The van der Waals surface area contributed by atoms with Crippen molar-refractivity contribution in [1.82, 2.24) is 25.5 Å². The van der Waals surface area contributed by atoms with Crippen LogP contribution in [0.25, 0.3) is 11.1 Å². The maximum atomic E-state index is 13.6. The quantitative estimate of drug-likeness (QED) is 0.362. The summed E-state index contributed by atoms with van der Waals surface area (Å²) in [5, 5.41) is 5.97. The number of likely N-dealkylation sites (tertiary alicyclic amines) is 1. The van der Waals surface area contributed by atoms with E-state index in [1.54, 1.807) is 41.4 Å². The Labute approximate surface area is 254 Å². The van der Waals surface area contributed by atoms with Crippen LogP contribution in [0.15, 0.2) is 85.3 Å². The molecule has 0 saturated carbocycles. The van der Waals surface area contributed by atoms with Crippen LogP contribution in [0.4, 0.5) is 0 Å². The van der Waals surface area contributed by atoms with Crippen LogP contribution in [0.5, 0.6) is 17.4 Å². The zero-order valence-corrected chi connectivity index (χ0v) is 24.1. The van der Waals surface area contributed by atoms with Gasteiger partial charge < -0.3 is 29.7 Å². The minimum Gasteiger partial charge on any atom is -0.488 e. The summed E-state index contributed by atoms with van der Waals surface area (Å²) in [6.45, 7) is 0.860. The molecule has 4 aromatic rings. The predicted octanol–water partition coefficient (Wildman–Crippen LogP) is 3.25. The van der Waals surface area contributed by atoms with E-state index in [4.69, 9.17) is 14.2 Å². The highest BCUT2D eigenvalue weighted by Crippen LogP contribution is 2.26. The van der Waals surface area contributed by atoms with E-state index in [9.17, 15) is 14.4 Å². The molecule has 0 radical (unpaired) electrons. The van der Waals surface area contributed by atoms with Gasteiger partial charge in [-0.15, -0.1) is 0 Å². The molecule has 2 aromatic carbocycles. The first-order valence-electron chi connectivity index (χ1n) is 14.3. The molecule has 0 aliphatic carbocycles. The molecular formula is C33H31N5O6. The normalized spacial score (nSPS) is 18.5. The predicted molar refractivity (Wildman–Crippen MR) is 160 cm³/mol. The van der Waals surface area contributed by atoms with E-state index in [0.29, 0.717) is 53.6 Å². The Morgan fingerprint density at radius 1 is 0.977 bits per heavy atom. The molecule has 2 aromatic heterocycles. The first-order valence-corrected chi connectivity index (χ1v) is 14.3. The van der Waals surface area contributed by atoms with Crippen molar-refractivity contribution >= 4 is 17.7 Å². The standard InChI is InChI=1S/C33H31N5O6/c1-42-31-15-23(9-11-35-31)33(41)38-12-10-29-28(19-38)37-32(40)25-13-24(17-34-18-25)22-3-2-4-27(14-22)43-20-30(39)36-16-21-5-7-26(44-29)8-6-21/h2-9,11,13-15,17-18,28-29H,10,12,16,19-20H2,1H3,(H,36,39)(H,37,40)/t28-,29+/m1/s1. The third kappa shape index (κ3) is 6.62. The zero-order chi connectivity index (χ0) is 30.5. The smallest absolute Gasteiger partial charge is 0.258 e. The van der Waals surface area contributed by atoms with Gasteiger partial charge in [0, 0.05) is 61.8 Å². The van der Waals surface area contributed by atoms with Gasteiger partial charge in [-0.2, -0.15) is 0 Å². The van der Waals surface area contributed by atoms with Gasteiger partial charge in [0.05, 0.1) is 18.7 Å². The number of hydrogen-bond donors (Lipinski definition) is 2. The summed E-state index contributed by atoms with van der Waals surface area (Å²) in [6.07, 6.45) is 4.77. The summed E-state index contributed by atoms with van der Waals surface area (Å²) in [5.74, 6) is 0.693. The Morgan fingerprint density at radius 2 is 1.82 bits per heavy atom. The third-order valence-corrected chi connectivity index (χ3v) is 7.58.